The first-order valence-corrected chi connectivity index (χ1v) is 9.19. The molecule has 0 saturated heterocycles. The highest BCUT2D eigenvalue weighted by molar-refractivity contribution is 6.34. The number of carbonyl (C=O) groups excluding carboxylic acids is 1. The van der Waals surface area contributed by atoms with Gasteiger partial charge in [-0.15, -0.1) is 0 Å². The fourth-order valence-electron chi connectivity index (χ4n) is 3.00. The van der Waals surface area contributed by atoms with Crippen molar-refractivity contribution in [1.82, 2.24) is 0 Å². The summed E-state index contributed by atoms with van der Waals surface area (Å²) in [5.74, 6) is -0.474. The number of halogens is 1. The quantitative estimate of drug-likeness (QED) is 0.275. The summed E-state index contributed by atoms with van der Waals surface area (Å²) in [6.45, 7) is 0. The molecule has 0 spiro atoms. The maximum absolute atomic E-state index is 12.7. The van der Waals surface area contributed by atoms with Gasteiger partial charge in [-0.1, -0.05) is 41.9 Å². The van der Waals surface area contributed by atoms with Crippen LogP contribution in [0.5, 0.6) is 0 Å². The van der Waals surface area contributed by atoms with Crippen LogP contribution in [0.15, 0.2) is 82.0 Å². The Morgan fingerprint density at radius 1 is 1.00 bits per heavy atom. The number of para-hydroxylation sites is 1. The summed E-state index contributed by atoms with van der Waals surface area (Å²) in [6, 6.07) is 19.1. The van der Waals surface area contributed by atoms with E-state index in [-0.39, 0.29) is 22.0 Å². The molecule has 1 N–H and O–H groups in total. The molecule has 3 aromatic carbocycles. The number of nitrogens with zero attached hydrogens (tertiary/aromatic N) is 1. The van der Waals surface area contributed by atoms with Crippen molar-refractivity contribution in [3.63, 3.8) is 0 Å². The maximum Gasteiger partial charge on any atom is 0.344 e. The van der Waals surface area contributed by atoms with E-state index in [0.29, 0.717) is 16.7 Å². The van der Waals surface area contributed by atoms with Crippen LogP contribution in [0.2, 0.25) is 5.02 Å². The maximum atomic E-state index is 12.7. The van der Waals surface area contributed by atoms with E-state index in [4.69, 9.17) is 16.0 Å². The first-order valence-electron chi connectivity index (χ1n) is 8.81. The van der Waals surface area contributed by atoms with Gasteiger partial charge in [0.2, 0.25) is 0 Å². The summed E-state index contributed by atoms with van der Waals surface area (Å²) < 4.78 is 5.36. The zero-order valence-corrected chi connectivity index (χ0v) is 16.1. The number of hydrogen-bond acceptors (Lipinski definition) is 5. The fourth-order valence-corrected chi connectivity index (χ4v) is 3.23. The van der Waals surface area contributed by atoms with Crippen LogP contribution in [-0.4, -0.2) is 10.8 Å². The molecule has 0 aliphatic heterocycles. The van der Waals surface area contributed by atoms with Crippen LogP contribution < -0.4 is 10.9 Å². The van der Waals surface area contributed by atoms with Crippen LogP contribution in [-0.2, 0) is 0 Å². The number of nitro groups is 1. The zero-order chi connectivity index (χ0) is 21.3. The number of rotatable bonds is 4. The van der Waals surface area contributed by atoms with E-state index in [1.807, 2.05) is 12.1 Å². The van der Waals surface area contributed by atoms with E-state index in [0.717, 1.165) is 11.5 Å². The Hall–Kier alpha value is -3.97. The summed E-state index contributed by atoms with van der Waals surface area (Å²) in [5, 5.41) is 14.2. The van der Waals surface area contributed by atoms with Gasteiger partial charge in [0.1, 0.15) is 5.58 Å². The Bertz CT molecular complexity index is 1360. The normalized spacial score (nSPS) is 10.7. The Labute approximate surface area is 174 Å². The predicted octanol–water partition coefficient (Wildman–Crippen LogP) is 5.27. The second-order valence-corrected chi connectivity index (χ2v) is 6.85. The van der Waals surface area contributed by atoms with E-state index < -0.39 is 16.5 Å². The third-order valence-corrected chi connectivity index (χ3v) is 4.80. The number of amides is 1. The van der Waals surface area contributed by atoms with E-state index in [1.54, 1.807) is 42.5 Å². The average molecular weight is 421 g/mol. The fraction of sp³-hybridized carbons (Fsp3) is 0. The Morgan fingerprint density at radius 2 is 1.80 bits per heavy atom. The lowest BCUT2D eigenvalue weighted by Crippen LogP contribution is -2.12. The molecule has 148 valence electrons. The molecule has 4 rings (SSSR count). The largest absolute Gasteiger partial charge is 0.422 e. The van der Waals surface area contributed by atoms with Crippen molar-refractivity contribution in [2.45, 2.75) is 0 Å². The highest BCUT2D eigenvalue weighted by atomic mass is 35.5. The van der Waals surface area contributed by atoms with Crippen molar-refractivity contribution in [3.05, 3.63) is 104 Å². The van der Waals surface area contributed by atoms with Gasteiger partial charge in [-0.2, -0.15) is 0 Å². The monoisotopic (exact) mass is 420 g/mol. The lowest BCUT2D eigenvalue weighted by atomic mass is 10.0. The van der Waals surface area contributed by atoms with Crippen LogP contribution in [0.1, 0.15) is 10.4 Å². The standard InChI is InChI=1S/C22H13ClN2O5/c23-18-12-16(25(28)29)8-9-19(18)24-21(26)15-6-3-5-13(10-15)17-11-14-4-1-2-7-20(14)30-22(17)27/h1-12H,(H,24,26). The van der Waals surface area contributed by atoms with E-state index in [1.165, 1.54) is 12.1 Å². The number of anilines is 1. The molecule has 0 atom stereocenters. The van der Waals surface area contributed by atoms with E-state index in [9.17, 15) is 19.7 Å². The van der Waals surface area contributed by atoms with Crippen LogP contribution in [0.25, 0.3) is 22.1 Å². The number of hydrogen-bond donors (Lipinski definition) is 1. The van der Waals surface area contributed by atoms with Gasteiger partial charge < -0.3 is 9.73 Å². The SMILES string of the molecule is O=C(Nc1ccc([N+](=O)[O-])cc1Cl)c1cccc(-c2cc3ccccc3oc2=O)c1. The van der Waals surface area contributed by atoms with E-state index in [2.05, 4.69) is 5.32 Å². The van der Waals surface area contributed by atoms with Gasteiger partial charge >= 0.3 is 5.63 Å². The van der Waals surface area contributed by atoms with Gasteiger partial charge in [-0.05, 0) is 35.9 Å². The summed E-state index contributed by atoms with van der Waals surface area (Å²) >= 11 is 6.04. The molecule has 0 aliphatic rings. The highest BCUT2D eigenvalue weighted by Gasteiger charge is 2.14. The predicted molar refractivity (Wildman–Crippen MR) is 114 cm³/mol. The Balaban J connectivity index is 1.65. The topological polar surface area (TPSA) is 102 Å². The molecule has 1 aromatic heterocycles. The van der Waals surface area contributed by atoms with Crippen molar-refractivity contribution < 1.29 is 14.1 Å². The molecule has 0 aliphatic carbocycles. The third kappa shape index (κ3) is 3.78. The second-order valence-electron chi connectivity index (χ2n) is 6.44. The molecule has 8 heteroatoms. The van der Waals surface area contributed by atoms with Gasteiger partial charge in [-0.3, -0.25) is 14.9 Å². The van der Waals surface area contributed by atoms with Crippen LogP contribution in [0.3, 0.4) is 0 Å². The Kier molecular flexibility index (Phi) is 5.04. The molecule has 0 fully saturated rings. The van der Waals surface area contributed by atoms with Crippen molar-refractivity contribution in [3.8, 4) is 11.1 Å². The number of carbonyl (C=O) groups is 1. The van der Waals surface area contributed by atoms with Crippen molar-refractivity contribution in [2.24, 2.45) is 0 Å². The number of non-ortho nitro benzene ring substituents is 1. The summed E-state index contributed by atoms with van der Waals surface area (Å²) in [7, 11) is 0. The van der Waals surface area contributed by atoms with Gasteiger partial charge in [0.15, 0.2) is 0 Å². The number of fused-ring (bicyclic) bond motifs is 1. The minimum Gasteiger partial charge on any atom is -0.422 e. The Morgan fingerprint density at radius 3 is 2.57 bits per heavy atom. The molecule has 0 unspecified atom stereocenters. The van der Waals surface area contributed by atoms with Gasteiger partial charge in [-0.25, -0.2) is 4.79 Å². The zero-order valence-electron chi connectivity index (χ0n) is 15.3. The summed E-state index contributed by atoms with van der Waals surface area (Å²) in [4.78, 5) is 35.3. The van der Waals surface area contributed by atoms with Crippen LogP contribution in [0.4, 0.5) is 11.4 Å². The number of benzene rings is 3. The molecule has 1 amide bonds. The first-order chi connectivity index (χ1) is 14.4. The van der Waals surface area contributed by atoms with Crippen molar-refractivity contribution >= 4 is 39.9 Å². The minimum atomic E-state index is -0.573. The molecule has 1 heterocycles. The van der Waals surface area contributed by atoms with Crippen molar-refractivity contribution in [1.29, 1.82) is 0 Å². The highest BCUT2D eigenvalue weighted by Crippen LogP contribution is 2.27. The summed E-state index contributed by atoms with van der Waals surface area (Å²) in [6.07, 6.45) is 0. The minimum absolute atomic E-state index is 0.0453. The smallest absolute Gasteiger partial charge is 0.344 e. The molecule has 4 aromatic rings. The molecule has 0 radical (unpaired) electrons. The molecular weight excluding hydrogens is 408 g/mol. The molecule has 30 heavy (non-hydrogen) atoms. The summed E-state index contributed by atoms with van der Waals surface area (Å²) in [5.41, 5.74) is 1.17. The van der Waals surface area contributed by atoms with Crippen LogP contribution >= 0.6 is 11.6 Å². The number of nitrogens with one attached hydrogen (secondary N) is 1. The molecular formula is C22H13ClN2O5. The van der Waals surface area contributed by atoms with Crippen molar-refractivity contribution in [2.75, 3.05) is 5.32 Å². The third-order valence-electron chi connectivity index (χ3n) is 4.49. The van der Waals surface area contributed by atoms with Gasteiger partial charge in [0.25, 0.3) is 11.6 Å². The molecule has 0 bridgehead atoms. The molecule has 7 nitrogen and oxygen atoms in total. The second kappa shape index (κ2) is 7.81. The molecule has 0 saturated carbocycles. The van der Waals surface area contributed by atoms with Crippen LogP contribution in [0, 0.1) is 10.1 Å². The lowest BCUT2D eigenvalue weighted by Gasteiger charge is -2.09. The average Bonchev–Trinajstić information content (AvgIpc) is 2.74. The first kappa shape index (κ1) is 19.4. The van der Waals surface area contributed by atoms with Gasteiger partial charge in [0.05, 0.1) is 21.2 Å². The van der Waals surface area contributed by atoms with Gasteiger partial charge in [0, 0.05) is 23.1 Å². The van der Waals surface area contributed by atoms with E-state index >= 15 is 0 Å². The number of nitro benzene ring substituents is 1. The lowest BCUT2D eigenvalue weighted by molar-refractivity contribution is -0.384.